The number of nitrogens with zero attached hydrogens (tertiary/aromatic N) is 3. The summed E-state index contributed by atoms with van der Waals surface area (Å²) in [6.07, 6.45) is 0.562. The Labute approximate surface area is 222 Å². The van der Waals surface area contributed by atoms with Crippen LogP contribution in [0.1, 0.15) is 30.5 Å². The van der Waals surface area contributed by atoms with Gasteiger partial charge in [0.25, 0.3) is 10.0 Å². The summed E-state index contributed by atoms with van der Waals surface area (Å²) in [4.78, 5) is 14.5. The second kappa shape index (κ2) is 10.1. The number of rotatable bonds is 6. The summed E-state index contributed by atoms with van der Waals surface area (Å²) in [5, 5.41) is 6.12. The summed E-state index contributed by atoms with van der Waals surface area (Å²) >= 11 is 6.61. The number of benzene rings is 3. The average Bonchev–Trinajstić information content (AvgIpc) is 3.27. The second-order valence-electron chi connectivity index (χ2n) is 8.38. The van der Waals surface area contributed by atoms with E-state index in [1.807, 2.05) is 49.3 Å². The van der Waals surface area contributed by atoms with Gasteiger partial charge >= 0.3 is 0 Å². The van der Waals surface area contributed by atoms with E-state index in [0.29, 0.717) is 21.1 Å². The first kappa shape index (κ1) is 25.4. The highest BCUT2D eigenvalue weighted by Crippen LogP contribution is 2.34. The number of hydrogen-bond acceptors (Lipinski definition) is 5. The van der Waals surface area contributed by atoms with E-state index in [0.717, 1.165) is 22.5 Å². The molecule has 0 saturated carbocycles. The minimum Gasteiger partial charge on any atom is -0.378 e. The first-order valence-electron chi connectivity index (χ1n) is 10.8. The number of amides is 1. The predicted molar refractivity (Wildman–Crippen MR) is 146 cm³/mol. The lowest BCUT2D eigenvalue weighted by molar-refractivity contribution is -0.130. The van der Waals surface area contributed by atoms with Crippen molar-refractivity contribution in [2.45, 2.75) is 24.3 Å². The number of nitrogens with one attached hydrogen (secondary N) is 1. The van der Waals surface area contributed by atoms with Crippen LogP contribution in [0.15, 0.2) is 85.7 Å². The molecule has 0 fully saturated rings. The topological polar surface area (TPSA) is 82.1 Å². The van der Waals surface area contributed by atoms with Crippen LogP contribution in [0.4, 0.5) is 11.4 Å². The van der Waals surface area contributed by atoms with Gasteiger partial charge in [0.05, 0.1) is 11.8 Å². The molecule has 0 aromatic heterocycles. The Morgan fingerprint density at radius 1 is 1.06 bits per heavy atom. The lowest BCUT2D eigenvalue weighted by Gasteiger charge is -2.22. The fourth-order valence-electron chi connectivity index (χ4n) is 3.87. The first-order chi connectivity index (χ1) is 16.5. The third-order valence-corrected chi connectivity index (χ3v) is 8.53. The molecule has 1 atom stereocenters. The van der Waals surface area contributed by atoms with Crippen molar-refractivity contribution in [3.8, 4) is 0 Å². The number of hydrogen-bond donors (Lipinski definition) is 1. The molecule has 0 spiro atoms. The molecular formula is C25H24Br2N4O3S. The molecule has 0 aliphatic carbocycles. The van der Waals surface area contributed by atoms with E-state index in [9.17, 15) is 13.2 Å². The Hall–Kier alpha value is -2.69. The highest BCUT2D eigenvalue weighted by atomic mass is 79.9. The Morgan fingerprint density at radius 3 is 2.43 bits per heavy atom. The van der Waals surface area contributed by atoms with Crippen molar-refractivity contribution in [3.63, 3.8) is 0 Å². The third kappa shape index (κ3) is 5.60. The van der Waals surface area contributed by atoms with Gasteiger partial charge in [0.2, 0.25) is 5.91 Å². The highest BCUT2D eigenvalue weighted by molar-refractivity contribution is 9.11. The van der Waals surface area contributed by atoms with Crippen molar-refractivity contribution in [1.29, 1.82) is 0 Å². The summed E-state index contributed by atoms with van der Waals surface area (Å²) < 4.78 is 29.5. The van der Waals surface area contributed by atoms with E-state index in [1.165, 1.54) is 18.0 Å². The summed E-state index contributed by atoms with van der Waals surface area (Å²) in [5.74, 6) is -0.135. The summed E-state index contributed by atoms with van der Waals surface area (Å²) in [6.45, 7) is 1.51. The lowest BCUT2D eigenvalue weighted by atomic mass is 9.98. The highest BCUT2D eigenvalue weighted by Gasteiger charge is 2.31. The summed E-state index contributed by atoms with van der Waals surface area (Å²) in [7, 11) is 0.163. The number of halogens is 2. The molecule has 3 aromatic rings. The van der Waals surface area contributed by atoms with Gasteiger partial charge in [-0.15, -0.1) is 0 Å². The van der Waals surface area contributed by atoms with Crippen LogP contribution in [0.2, 0.25) is 0 Å². The molecule has 10 heteroatoms. The normalized spacial score (nSPS) is 15.6. The fraction of sp³-hybridized carbons (Fsp3) is 0.200. The molecule has 1 unspecified atom stereocenters. The van der Waals surface area contributed by atoms with E-state index >= 15 is 0 Å². The maximum absolute atomic E-state index is 12.9. The average molecular weight is 620 g/mol. The van der Waals surface area contributed by atoms with E-state index in [4.69, 9.17) is 0 Å². The fourth-order valence-corrected chi connectivity index (χ4v) is 6.43. The predicted octanol–water partition coefficient (Wildman–Crippen LogP) is 5.78. The quantitative estimate of drug-likeness (QED) is 0.379. The van der Waals surface area contributed by atoms with Crippen molar-refractivity contribution in [3.05, 3.63) is 86.8 Å². The van der Waals surface area contributed by atoms with E-state index < -0.39 is 10.0 Å². The smallest absolute Gasteiger partial charge is 0.263 e. The zero-order valence-electron chi connectivity index (χ0n) is 19.4. The van der Waals surface area contributed by atoms with Crippen molar-refractivity contribution in [1.82, 2.24) is 5.01 Å². The maximum Gasteiger partial charge on any atom is 0.263 e. The number of carbonyl (C=O) groups is 1. The Bertz CT molecular complexity index is 1410. The van der Waals surface area contributed by atoms with Crippen LogP contribution in [0.3, 0.4) is 0 Å². The first-order valence-corrected chi connectivity index (χ1v) is 13.8. The Morgan fingerprint density at radius 2 is 1.77 bits per heavy atom. The van der Waals surface area contributed by atoms with Crippen LogP contribution in [0, 0.1) is 0 Å². The molecule has 182 valence electrons. The molecule has 4 rings (SSSR count). The van der Waals surface area contributed by atoms with Crippen LogP contribution in [-0.4, -0.2) is 39.1 Å². The Kier molecular flexibility index (Phi) is 7.35. The molecule has 1 N–H and O–H groups in total. The second-order valence-corrected chi connectivity index (χ2v) is 11.8. The molecular weight excluding hydrogens is 596 g/mol. The minimum absolute atomic E-state index is 0.135. The molecule has 0 radical (unpaired) electrons. The molecule has 1 aliphatic rings. The molecule has 1 aliphatic heterocycles. The molecule has 7 nitrogen and oxygen atoms in total. The van der Waals surface area contributed by atoms with Crippen LogP contribution >= 0.6 is 31.9 Å². The van der Waals surface area contributed by atoms with Crippen LogP contribution in [0.5, 0.6) is 0 Å². The SMILES string of the molecule is CC(=O)N1N=C(c2ccc(NS(=O)(=O)c3cc(Br)ccc3Br)cc2)CC1c1cccc(N(C)C)c1. The van der Waals surface area contributed by atoms with Gasteiger partial charge in [-0.2, -0.15) is 5.10 Å². The van der Waals surface area contributed by atoms with E-state index in [2.05, 4.69) is 47.7 Å². The zero-order valence-corrected chi connectivity index (χ0v) is 23.4. The van der Waals surface area contributed by atoms with Crippen LogP contribution in [0.25, 0.3) is 0 Å². The molecule has 3 aromatic carbocycles. The largest absolute Gasteiger partial charge is 0.378 e. The van der Waals surface area contributed by atoms with Crippen LogP contribution in [-0.2, 0) is 14.8 Å². The van der Waals surface area contributed by atoms with E-state index in [1.54, 1.807) is 24.3 Å². The van der Waals surface area contributed by atoms with Crippen molar-refractivity contribution < 1.29 is 13.2 Å². The van der Waals surface area contributed by atoms with Gasteiger partial charge in [-0.3, -0.25) is 9.52 Å². The summed E-state index contributed by atoms with van der Waals surface area (Å²) in [5.41, 5.74) is 4.08. The maximum atomic E-state index is 12.9. The van der Waals surface area contributed by atoms with Gasteiger partial charge in [0.15, 0.2) is 0 Å². The standard InChI is InChI=1S/C25H24Br2N4O3S/c1-16(32)31-24(18-5-4-6-21(13-18)30(2)3)15-23(28-31)17-7-10-20(11-8-17)29-35(33,34)25-14-19(26)9-12-22(25)27/h4-14,24,29H,15H2,1-3H3. The molecule has 1 heterocycles. The van der Waals surface area contributed by atoms with Gasteiger partial charge in [0, 0.05) is 47.8 Å². The van der Waals surface area contributed by atoms with Gasteiger partial charge in [-0.05, 0) is 69.5 Å². The van der Waals surface area contributed by atoms with Gasteiger partial charge < -0.3 is 4.90 Å². The molecule has 0 saturated heterocycles. The summed E-state index contributed by atoms with van der Waals surface area (Å²) in [6, 6.07) is 19.8. The van der Waals surface area contributed by atoms with Gasteiger partial charge in [-0.25, -0.2) is 13.4 Å². The monoisotopic (exact) mass is 618 g/mol. The van der Waals surface area contributed by atoms with E-state index in [-0.39, 0.29) is 16.8 Å². The van der Waals surface area contributed by atoms with Gasteiger partial charge in [0.1, 0.15) is 4.90 Å². The zero-order chi connectivity index (χ0) is 25.3. The number of hydrazone groups is 1. The van der Waals surface area contributed by atoms with Gasteiger partial charge in [-0.1, -0.05) is 40.2 Å². The number of anilines is 2. The third-order valence-electron chi connectivity index (χ3n) is 5.66. The van der Waals surface area contributed by atoms with Crippen LogP contribution < -0.4 is 9.62 Å². The molecule has 35 heavy (non-hydrogen) atoms. The van der Waals surface area contributed by atoms with Crippen molar-refractivity contribution in [2.75, 3.05) is 23.7 Å². The molecule has 0 bridgehead atoms. The minimum atomic E-state index is -3.79. The Balaban J connectivity index is 1.56. The van der Waals surface area contributed by atoms with Crippen molar-refractivity contribution >= 4 is 64.9 Å². The lowest BCUT2D eigenvalue weighted by Crippen LogP contribution is -2.24. The number of carbonyl (C=O) groups excluding carboxylic acids is 1. The molecule has 1 amide bonds. The van der Waals surface area contributed by atoms with Crippen molar-refractivity contribution in [2.24, 2.45) is 5.10 Å². The number of sulfonamides is 1.